The van der Waals surface area contributed by atoms with E-state index in [-0.39, 0.29) is 67.7 Å². The fraction of sp³-hybridized carbons (Fsp3) is 0.242. The van der Waals surface area contributed by atoms with Gasteiger partial charge in [0.1, 0.15) is 36.0 Å². The zero-order chi connectivity index (χ0) is 30.4. The van der Waals surface area contributed by atoms with Crippen LogP contribution in [0.2, 0.25) is 0 Å². The zero-order valence-electron chi connectivity index (χ0n) is 24.2. The average molecular weight is 591 g/mol. The van der Waals surface area contributed by atoms with Crippen LogP contribution in [0, 0.1) is 0 Å². The van der Waals surface area contributed by atoms with Gasteiger partial charge in [0, 0.05) is 33.5 Å². The Morgan fingerprint density at radius 1 is 0.605 bits per heavy atom. The monoisotopic (exact) mass is 590 g/mol. The minimum atomic E-state index is -0.604. The Balaban J connectivity index is 1.76. The molecule has 0 aromatic heterocycles. The van der Waals surface area contributed by atoms with Crippen molar-refractivity contribution in [3.63, 3.8) is 0 Å². The minimum absolute atomic E-state index is 0.0149. The first-order valence-electron chi connectivity index (χ1n) is 13.3. The number of methoxy groups -OCH3 is 3. The Morgan fingerprint density at radius 2 is 1.12 bits per heavy atom. The van der Waals surface area contributed by atoms with Gasteiger partial charge in [-0.15, -0.1) is 0 Å². The summed E-state index contributed by atoms with van der Waals surface area (Å²) >= 11 is 0. The first kappa shape index (κ1) is 31.2. The van der Waals surface area contributed by atoms with E-state index in [1.807, 2.05) is 60.7 Å². The van der Waals surface area contributed by atoms with Crippen LogP contribution in [-0.4, -0.2) is 52.6 Å². The number of rotatable bonds is 17. The third kappa shape index (κ3) is 8.39. The van der Waals surface area contributed by atoms with Crippen molar-refractivity contribution in [2.75, 3.05) is 41.7 Å². The molecule has 0 unspecified atom stereocenters. The first-order valence-corrected chi connectivity index (χ1v) is 13.3. The molecular formula is C33H34O10. The Kier molecular flexibility index (Phi) is 11.6. The van der Waals surface area contributed by atoms with E-state index in [2.05, 4.69) is 0 Å². The second-order valence-electron chi connectivity index (χ2n) is 9.11. The second kappa shape index (κ2) is 16.0. The van der Waals surface area contributed by atoms with Gasteiger partial charge in [-0.1, -0.05) is 60.7 Å². The number of ether oxygens (including phenoxy) is 8. The van der Waals surface area contributed by atoms with Gasteiger partial charge < -0.3 is 43.0 Å². The summed E-state index contributed by atoms with van der Waals surface area (Å²) < 4.78 is 44.3. The molecule has 0 spiro atoms. The molecule has 0 fully saturated rings. The lowest BCUT2D eigenvalue weighted by atomic mass is 9.99. The maximum Gasteiger partial charge on any atom is 0.204 e. The summed E-state index contributed by atoms with van der Waals surface area (Å²) in [6, 6.07) is 25.1. The summed E-state index contributed by atoms with van der Waals surface area (Å²) in [7, 11) is 4.38. The molecule has 226 valence electrons. The van der Waals surface area contributed by atoms with Gasteiger partial charge in [-0.05, 0) is 23.3 Å². The molecular weight excluding hydrogens is 556 g/mol. The summed E-state index contributed by atoms with van der Waals surface area (Å²) in [6.07, 6.45) is 0. The zero-order valence-corrected chi connectivity index (χ0v) is 24.2. The quantitative estimate of drug-likeness (QED) is 0.121. The van der Waals surface area contributed by atoms with Crippen LogP contribution in [0.4, 0.5) is 0 Å². The minimum Gasteiger partial charge on any atom is -0.504 e. The van der Waals surface area contributed by atoms with E-state index in [0.717, 1.165) is 11.1 Å². The van der Waals surface area contributed by atoms with Crippen molar-refractivity contribution >= 4 is 5.78 Å². The number of benzene rings is 4. The largest absolute Gasteiger partial charge is 0.504 e. The Bertz CT molecular complexity index is 1430. The predicted molar refractivity (Wildman–Crippen MR) is 157 cm³/mol. The normalized spacial score (nSPS) is 10.7. The van der Waals surface area contributed by atoms with Gasteiger partial charge in [0.05, 0.1) is 5.56 Å². The van der Waals surface area contributed by atoms with Crippen LogP contribution in [0.5, 0.6) is 34.5 Å². The third-order valence-corrected chi connectivity index (χ3v) is 6.08. The number of phenols is 1. The highest BCUT2D eigenvalue weighted by atomic mass is 16.7. The van der Waals surface area contributed by atoms with Crippen LogP contribution < -0.4 is 23.7 Å². The van der Waals surface area contributed by atoms with Gasteiger partial charge in [-0.25, -0.2) is 0 Å². The van der Waals surface area contributed by atoms with E-state index in [9.17, 15) is 9.90 Å². The van der Waals surface area contributed by atoms with Crippen molar-refractivity contribution in [1.82, 2.24) is 0 Å². The molecule has 0 atom stereocenters. The lowest BCUT2D eigenvalue weighted by molar-refractivity contribution is 0.0400. The molecule has 4 aromatic carbocycles. The highest BCUT2D eigenvalue weighted by molar-refractivity contribution is 6.14. The van der Waals surface area contributed by atoms with Crippen molar-refractivity contribution in [1.29, 1.82) is 0 Å². The maximum atomic E-state index is 14.1. The molecule has 0 aliphatic carbocycles. The predicted octanol–water partition coefficient (Wildman–Crippen LogP) is 5.73. The summed E-state index contributed by atoms with van der Waals surface area (Å²) in [6.45, 7) is -0.0250. The first-order chi connectivity index (χ1) is 21.0. The number of carbonyl (C=O) groups is 1. The molecule has 0 aliphatic heterocycles. The molecule has 4 aromatic rings. The van der Waals surface area contributed by atoms with Crippen molar-refractivity contribution < 1.29 is 47.8 Å². The van der Waals surface area contributed by atoms with Gasteiger partial charge >= 0.3 is 0 Å². The standard InChI is InChI=1S/C33H34O10/c1-36-20-41-25-16-28(42-21-37-2)30(29(17-25)43-22-38-3)31(34)26-14-15-27(39-18-23-10-6-4-7-11-23)33(32(26)35)40-19-24-12-8-5-9-13-24/h4-17,35H,18-22H2,1-3H3. The summed E-state index contributed by atoms with van der Waals surface area (Å²) in [4.78, 5) is 14.1. The molecule has 4 rings (SSSR count). The van der Waals surface area contributed by atoms with Gasteiger partial charge in [-0.2, -0.15) is 0 Å². The topological polar surface area (TPSA) is 111 Å². The van der Waals surface area contributed by atoms with Crippen LogP contribution in [0.3, 0.4) is 0 Å². The number of carbonyl (C=O) groups excluding carboxylic acids is 1. The van der Waals surface area contributed by atoms with E-state index in [1.165, 1.54) is 39.5 Å². The van der Waals surface area contributed by atoms with Gasteiger partial charge in [0.25, 0.3) is 0 Å². The second-order valence-corrected chi connectivity index (χ2v) is 9.11. The molecule has 0 radical (unpaired) electrons. The molecule has 43 heavy (non-hydrogen) atoms. The maximum absolute atomic E-state index is 14.1. The number of ketones is 1. The number of hydrogen-bond acceptors (Lipinski definition) is 10. The highest BCUT2D eigenvalue weighted by Crippen LogP contribution is 2.44. The van der Waals surface area contributed by atoms with E-state index in [1.54, 1.807) is 6.07 Å². The summed E-state index contributed by atoms with van der Waals surface area (Å²) in [5.41, 5.74) is 1.74. The van der Waals surface area contributed by atoms with Crippen LogP contribution in [0.25, 0.3) is 0 Å². The van der Waals surface area contributed by atoms with E-state index in [0.29, 0.717) is 5.75 Å². The van der Waals surface area contributed by atoms with Gasteiger partial charge in [-0.3, -0.25) is 4.79 Å². The number of hydrogen-bond donors (Lipinski definition) is 1. The van der Waals surface area contributed by atoms with Crippen LogP contribution >= 0.6 is 0 Å². The Hall–Kier alpha value is -4.77. The third-order valence-electron chi connectivity index (χ3n) is 6.08. The molecule has 0 saturated heterocycles. The van der Waals surface area contributed by atoms with Crippen molar-refractivity contribution in [2.24, 2.45) is 0 Å². The average Bonchev–Trinajstić information content (AvgIpc) is 3.04. The van der Waals surface area contributed by atoms with E-state index < -0.39 is 11.5 Å². The number of aromatic hydroxyl groups is 1. The van der Waals surface area contributed by atoms with E-state index in [4.69, 9.17) is 37.9 Å². The Labute approximate surface area is 250 Å². The highest BCUT2D eigenvalue weighted by Gasteiger charge is 2.28. The van der Waals surface area contributed by atoms with Crippen molar-refractivity contribution in [3.8, 4) is 34.5 Å². The molecule has 10 nitrogen and oxygen atoms in total. The molecule has 0 aliphatic rings. The lowest BCUT2D eigenvalue weighted by Crippen LogP contribution is -2.13. The molecule has 0 heterocycles. The molecule has 1 N–H and O–H groups in total. The van der Waals surface area contributed by atoms with Crippen LogP contribution in [0.1, 0.15) is 27.0 Å². The van der Waals surface area contributed by atoms with Gasteiger partial charge in [0.2, 0.25) is 11.5 Å². The molecule has 0 amide bonds. The lowest BCUT2D eigenvalue weighted by Gasteiger charge is -2.19. The molecule has 10 heteroatoms. The smallest absolute Gasteiger partial charge is 0.204 e. The summed E-state index contributed by atoms with van der Waals surface area (Å²) in [5.74, 6) is -0.206. The SMILES string of the molecule is COCOc1cc(OCOC)c(C(=O)c2ccc(OCc3ccccc3)c(OCc3ccccc3)c2O)c(OCOC)c1. The van der Waals surface area contributed by atoms with Crippen LogP contribution in [0.15, 0.2) is 84.9 Å². The van der Waals surface area contributed by atoms with E-state index >= 15 is 0 Å². The summed E-state index contributed by atoms with van der Waals surface area (Å²) in [5, 5.41) is 11.5. The fourth-order valence-electron chi connectivity index (χ4n) is 4.06. The van der Waals surface area contributed by atoms with Crippen LogP contribution in [-0.2, 0) is 27.4 Å². The number of phenolic OH excluding ortho intramolecular Hbond substituents is 1. The van der Waals surface area contributed by atoms with Crippen molar-refractivity contribution in [2.45, 2.75) is 13.2 Å². The Morgan fingerprint density at radius 3 is 1.65 bits per heavy atom. The molecule has 0 bridgehead atoms. The molecule has 0 saturated carbocycles. The fourth-order valence-corrected chi connectivity index (χ4v) is 4.06. The van der Waals surface area contributed by atoms with Crippen molar-refractivity contribution in [3.05, 3.63) is 107 Å². The van der Waals surface area contributed by atoms with Gasteiger partial charge in [0.15, 0.2) is 31.9 Å².